The topological polar surface area (TPSA) is 73.9 Å². The van der Waals surface area contributed by atoms with E-state index in [0.717, 1.165) is 23.3 Å². The second-order valence-corrected chi connectivity index (χ2v) is 5.75. The molecule has 0 bridgehead atoms. The number of rotatable bonds is 6. The lowest BCUT2D eigenvalue weighted by molar-refractivity contribution is 0.399. The van der Waals surface area contributed by atoms with Crippen molar-refractivity contribution in [1.29, 1.82) is 0 Å². The molecule has 3 rings (SSSR count). The van der Waals surface area contributed by atoms with E-state index in [1.165, 1.54) is 13.2 Å². The maximum absolute atomic E-state index is 13.6. The maximum Gasteiger partial charge on any atom is 0.221 e. The number of hydrogen-bond donors (Lipinski definition) is 1. The molecule has 1 aromatic carbocycles. The molecule has 0 saturated heterocycles. The highest BCUT2D eigenvalue weighted by atomic mass is 19.2. The van der Waals surface area contributed by atoms with Gasteiger partial charge in [0.15, 0.2) is 11.6 Å². The molecule has 2 N–H and O–H groups in total. The van der Waals surface area contributed by atoms with Gasteiger partial charge in [-0.25, -0.2) is 23.7 Å². The maximum atomic E-state index is 13.6. The largest absolute Gasteiger partial charge is 0.481 e. The molecule has 2 aromatic heterocycles. The zero-order valence-corrected chi connectivity index (χ0v) is 14.2. The number of nitrogens with two attached hydrogens (primary N) is 1. The third kappa shape index (κ3) is 4.00. The van der Waals surface area contributed by atoms with Crippen molar-refractivity contribution in [2.75, 3.05) is 13.7 Å². The fourth-order valence-corrected chi connectivity index (χ4v) is 2.59. The van der Waals surface area contributed by atoms with Crippen LogP contribution in [0.4, 0.5) is 8.78 Å². The predicted molar refractivity (Wildman–Crippen MR) is 93.7 cm³/mol. The van der Waals surface area contributed by atoms with Gasteiger partial charge in [-0.15, -0.1) is 0 Å². The van der Waals surface area contributed by atoms with Crippen LogP contribution >= 0.6 is 0 Å². The Morgan fingerprint density at radius 1 is 0.962 bits per heavy atom. The van der Waals surface area contributed by atoms with Gasteiger partial charge in [0.2, 0.25) is 5.88 Å². The molecule has 7 heteroatoms. The van der Waals surface area contributed by atoms with Crippen LogP contribution in [0, 0.1) is 11.6 Å². The first-order chi connectivity index (χ1) is 12.6. The zero-order valence-electron chi connectivity index (χ0n) is 14.2. The van der Waals surface area contributed by atoms with Crippen LogP contribution in [0.5, 0.6) is 5.88 Å². The lowest BCUT2D eigenvalue weighted by Gasteiger charge is -2.10. The summed E-state index contributed by atoms with van der Waals surface area (Å²) in [5.74, 6) is -0.772. The van der Waals surface area contributed by atoms with E-state index in [9.17, 15) is 8.78 Å². The molecule has 5 nitrogen and oxygen atoms in total. The molecule has 0 aliphatic heterocycles. The quantitative estimate of drug-likeness (QED) is 0.735. The zero-order chi connectivity index (χ0) is 18.5. The molecule has 0 aliphatic rings. The van der Waals surface area contributed by atoms with Crippen molar-refractivity contribution in [3.63, 3.8) is 0 Å². The summed E-state index contributed by atoms with van der Waals surface area (Å²) in [7, 11) is 1.48. The molecule has 26 heavy (non-hydrogen) atoms. The predicted octanol–water partition coefficient (Wildman–Crippen LogP) is 2.92. The Balaban J connectivity index is 1.90. The van der Waals surface area contributed by atoms with E-state index in [1.807, 2.05) is 6.07 Å². The van der Waals surface area contributed by atoms with Crippen molar-refractivity contribution in [2.45, 2.75) is 12.8 Å². The molecule has 0 atom stereocenters. The Morgan fingerprint density at radius 2 is 1.69 bits per heavy atom. The number of aromatic nitrogens is 3. The number of nitrogens with zero attached hydrogens (tertiary/aromatic N) is 3. The third-order valence-corrected chi connectivity index (χ3v) is 3.87. The van der Waals surface area contributed by atoms with E-state index in [1.54, 1.807) is 18.6 Å². The van der Waals surface area contributed by atoms with Crippen molar-refractivity contribution in [1.82, 2.24) is 15.0 Å². The van der Waals surface area contributed by atoms with Gasteiger partial charge in [0.05, 0.1) is 7.11 Å². The second kappa shape index (κ2) is 7.97. The summed E-state index contributed by atoms with van der Waals surface area (Å²) < 4.78 is 32.0. The van der Waals surface area contributed by atoms with Crippen LogP contribution in [0.2, 0.25) is 0 Å². The number of ether oxygens (including phenoxy) is 1. The average Bonchev–Trinajstić information content (AvgIpc) is 2.66. The van der Waals surface area contributed by atoms with Crippen LogP contribution in [-0.2, 0) is 12.8 Å². The molecular formula is C19H18F2N4O. The normalized spacial score (nSPS) is 10.8. The van der Waals surface area contributed by atoms with Crippen LogP contribution in [0.25, 0.3) is 11.1 Å². The molecule has 0 saturated carbocycles. The summed E-state index contributed by atoms with van der Waals surface area (Å²) in [5, 5.41) is 0. The minimum Gasteiger partial charge on any atom is -0.481 e. The molecule has 0 spiro atoms. The van der Waals surface area contributed by atoms with E-state index in [0.29, 0.717) is 42.2 Å². The van der Waals surface area contributed by atoms with Crippen molar-refractivity contribution in [3.05, 3.63) is 71.4 Å². The van der Waals surface area contributed by atoms with Crippen molar-refractivity contribution < 1.29 is 13.5 Å². The summed E-state index contributed by atoms with van der Waals surface area (Å²) in [4.78, 5) is 12.8. The summed E-state index contributed by atoms with van der Waals surface area (Å²) in [6.07, 6.45) is 6.36. The molecule has 0 unspecified atom stereocenters. The van der Waals surface area contributed by atoms with Gasteiger partial charge in [-0.1, -0.05) is 6.07 Å². The number of hydrogen-bond acceptors (Lipinski definition) is 5. The molecule has 0 amide bonds. The molecule has 2 heterocycles. The van der Waals surface area contributed by atoms with E-state index in [2.05, 4.69) is 15.0 Å². The minimum absolute atomic E-state index is 0.342. The van der Waals surface area contributed by atoms with Gasteiger partial charge in [-0.2, -0.15) is 0 Å². The van der Waals surface area contributed by atoms with Crippen LogP contribution in [0.15, 0.2) is 42.9 Å². The Labute approximate surface area is 149 Å². The van der Waals surface area contributed by atoms with Gasteiger partial charge < -0.3 is 10.5 Å². The van der Waals surface area contributed by atoms with Crippen LogP contribution < -0.4 is 10.5 Å². The fraction of sp³-hybridized carbons (Fsp3) is 0.211. The van der Waals surface area contributed by atoms with Crippen LogP contribution in [0.1, 0.15) is 17.0 Å². The Bertz CT molecular complexity index is 901. The smallest absolute Gasteiger partial charge is 0.221 e. The molecule has 134 valence electrons. The summed E-state index contributed by atoms with van der Waals surface area (Å²) in [6.45, 7) is 0.499. The second-order valence-electron chi connectivity index (χ2n) is 5.75. The van der Waals surface area contributed by atoms with Crippen molar-refractivity contribution >= 4 is 0 Å². The summed E-state index contributed by atoms with van der Waals surface area (Å²) in [5.41, 5.74) is 8.36. The molecule has 0 radical (unpaired) electrons. The lowest BCUT2D eigenvalue weighted by atomic mass is 10.0. The van der Waals surface area contributed by atoms with Crippen molar-refractivity contribution in [3.8, 4) is 17.0 Å². The van der Waals surface area contributed by atoms with E-state index >= 15 is 0 Å². The van der Waals surface area contributed by atoms with Crippen LogP contribution in [0.3, 0.4) is 0 Å². The Morgan fingerprint density at radius 3 is 2.35 bits per heavy atom. The lowest BCUT2D eigenvalue weighted by Crippen LogP contribution is -2.06. The van der Waals surface area contributed by atoms with E-state index in [-0.39, 0.29) is 0 Å². The number of methoxy groups -OCH3 is 1. The molecular weight excluding hydrogens is 338 g/mol. The first-order valence-corrected chi connectivity index (χ1v) is 8.09. The van der Waals surface area contributed by atoms with E-state index < -0.39 is 11.6 Å². The molecule has 0 fully saturated rings. The first kappa shape index (κ1) is 17.9. The SMILES string of the molecule is COc1ncc(Cc2cnc(CCN)nc2)cc1-c1ccc(F)c(F)c1. The Hall–Kier alpha value is -2.93. The standard InChI is InChI=1S/C19H18F2N4O/c1-26-19-15(14-2-3-16(20)17(21)8-14)7-12(9-25-19)6-13-10-23-18(4-5-22)24-11-13/h2-3,7-11H,4-6,22H2,1H3. The van der Waals surface area contributed by atoms with Gasteiger partial charge in [0, 0.05) is 37.0 Å². The number of halogens is 2. The van der Waals surface area contributed by atoms with Gasteiger partial charge in [0.1, 0.15) is 5.82 Å². The number of benzene rings is 1. The van der Waals surface area contributed by atoms with E-state index in [4.69, 9.17) is 10.5 Å². The third-order valence-electron chi connectivity index (χ3n) is 3.87. The summed E-state index contributed by atoms with van der Waals surface area (Å²) in [6, 6.07) is 5.54. The first-order valence-electron chi connectivity index (χ1n) is 8.09. The fourth-order valence-electron chi connectivity index (χ4n) is 2.59. The van der Waals surface area contributed by atoms with Crippen molar-refractivity contribution in [2.24, 2.45) is 5.73 Å². The van der Waals surface area contributed by atoms with Gasteiger partial charge in [0.25, 0.3) is 0 Å². The monoisotopic (exact) mass is 356 g/mol. The highest BCUT2D eigenvalue weighted by Gasteiger charge is 2.12. The molecule has 0 aliphatic carbocycles. The highest BCUT2D eigenvalue weighted by Crippen LogP contribution is 2.30. The Kier molecular flexibility index (Phi) is 5.48. The van der Waals surface area contributed by atoms with Crippen LogP contribution in [-0.4, -0.2) is 28.6 Å². The van der Waals surface area contributed by atoms with Gasteiger partial charge in [-0.3, -0.25) is 0 Å². The number of pyridine rings is 1. The average molecular weight is 356 g/mol. The summed E-state index contributed by atoms with van der Waals surface area (Å²) >= 11 is 0. The molecule has 3 aromatic rings. The van der Waals surface area contributed by atoms with Gasteiger partial charge >= 0.3 is 0 Å². The van der Waals surface area contributed by atoms with Gasteiger partial charge in [-0.05, 0) is 41.4 Å². The minimum atomic E-state index is -0.918. The highest BCUT2D eigenvalue weighted by molar-refractivity contribution is 5.69.